The second-order valence-corrected chi connectivity index (χ2v) is 6.67. The molecule has 0 spiro atoms. The molecule has 0 fully saturated rings. The molecule has 1 N–H and O–H groups in total. The summed E-state index contributed by atoms with van der Waals surface area (Å²) in [4.78, 5) is 13.1. The van der Waals surface area contributed by atoms with Crippen molar-refractivity contribution in [3.05, 3.63) is 18.2 Å². The second kappa shape index (κ2) is 7.44. The molecule has 22 heavy (non-hydrogen) atoms. The van der Waals surface area contributed by atoms with Gasteiger partial charge in [0.2, 0.25) is 0 Å². The molecule has 0 amide bonds. The van der Waals surface area contributed by atoms with E-state index in [1.54, 1.807) is 19.2 Å². The van der Waals surface area contributed by atoms with E-state index in [4.69, 9.17) is 25.8 Å². The maximum atomic E-state index is 12.4. The van der Waals surface area contributed by atoms with Gasteiger partial charge in [-0.25, -0.2) is 0 Å². The van der Waals surface area contributed by atoms with Crippen LogP contribution in [0.4, 0.5) is 0 Å². The molecule has 0 aliphatic carbocycles. The number of carbonyl (C=O) groups excluding carboxylic acids is 1. The first kappa shape index (κ1) is 17.2. The number of alkyl halides is 1. The van der Waals surface area contributed by atoms with E-state index in [1.165, 1.54) is 18.9 Å². The normalized spacial score (nSPS) is 23.9. The van der Waals surface area contributed by atoms with Gasteiger partial charge in [0, 0.05) is 11.9 Å². The minimum atomic E-state index is -1.12. The number of ether oxygens (including phenoxy) is 3. The number of rotatable bonds is 5. The van der Waals surface area contributed by atoms with Crippen LogP contribution < -0.4 is 9.47 Å². The van der Waals surface area contributed by atoms with E-state index >= 15 is 0 Å². The Morgan fingerprint density at radius 3 is 2.95 bits per heavy atom. The molecule has 1 aromatic rings. The van der Waals surface area contributed by atoms with Crippen molar-refractivity contribution < 1.29 is 24.1 Å². The minimum absolute atomic E-state index is 0.00452. The Hall–Kier alpha value is -1.11. The zero-order chi connectivity index (χ0) is 16.2. The van der Waals surface area contributed by atoms with E-state index in [9.17, 15) is 9.90 Å². The monoisotopic (exact) mass is 346 g/mol. The lowest BCUT2D eigenvalue weighted by Gasteiger charge is -2.32. The number of aliphatic hydroxyl groups is 1. The van der Waals surface area contributed by atoms with Crippen LogP contribution >= 0.6 is 23.4 Å². The highest BCUT2D eigenvalue weighted by atomic mass is 35.5. The molecule has 2 atom stereocenters. The molecule has 0 aromatic heterocycles. The number of halogens is 1. The fourth-order valence-electron chi connectivity index (χ4n) is 2.38. The van der Waals surface area contributed by atoms with Gasteiger partial charge in [-0.2, -0.15) is 0 Å². The molecule has 1 aliphatic rings. The average molecular weight is 347 g/mol. The largest absolute Gasteiger partial charge is 0.497 e. The Bertz CT molecular complexity index is 539. The highest BCUT2D eigenvalue weighted by molar-refractivity contribution is 8.01. The van der Waals surface area contributed by atoms with Crippen molar-refractivity contribution in [3.8, 4) is 11.5 Å². The number of benzene rings is 1. The van der Waals surface area contributed by atoms with Crippen molar-refractivity contribution in [1.82, 2.24) is 0 Å². The molecule has 7 heteroatoms. The fraction of sp³-hybridized carbons (Fsp3) is 0.533. The lowest BCUT2D eigenvalue weighted by Crippen LogP contribution is -2.49. The van der Waals surface area contributed by atoms with Crippen LogP contribution in [0.1, 0.15) is 12.8 Å². The fourth-order valence-corrected chi connectivity index (χ4v) is 3.88. The van der Waals surface area contributed by atoms with Gasteiger partial charge in [0.25, 0.3) is 0 Å². The van der Waals surface area contributed by atoms with E-state index in [0.29, 0.717) is 30.2 Å². The molecule has 0 bridgehead atoms. The summed E-state index contributed by atoms with van der Waals surface area (Å²) in [6, 6.07) is 5.34. The summed E-state index contributed by atoms with van der Waals surface area (Å²) < 4.78 is 14.6. The van der Waals surface area contributed by atoms with E-state index in [0.717, 1.165) is 4.90 Å². The Morgan fingerprint density at radius 1 is 1.55 bits per heavy atom. The topological polar surface area (TPSA) is 65.0 Å². The van der Waals surface area contributed by atoms with Gasteiger partial charge in [-0.05, 0) is 25.0 Å². The lowest BCUT2D eigenvalue weighted by atomic mass is 9.96. The highest BCUT2D eigenvalue weighted by Gasteiger charge is 2.49. The van der Waals surface area contributed by atoms with Crippen molar-refractivity contribution >= 4 is 29.3 Å². The summed E-state index contributed by atoms with van der Waals surface area (Å²) >= 11 is 7.03. The van der Waals surface area contributed by atoms with Crippen LogP contribution in [0.3, 0.4) is 0 Å². The molecular formula is C15H19ClO5S. The highest BCUT2D eigenvalue weighted by Crippen LogP contribution is 2.47. The standard InChI is InChI=1S/C15H19ClO5S/c1-19-10-4-5-12-11(8-10)21-9-13(17)15(22-12,6-3-7-16)14(18)20-2/h4-5,8,13,17H,3,6-7,9H2,1-2H3/t13-,15-/m0/s1. The van der Waals surface area contributed by atoms with Crippen LogP contribution in [0.15, 0.2) is 23.1 Å². The Kier molecular flexibility index (Phi) is 5.83. The maximum absolute atomic E-state index is 12.4. The van der Waals surface area contributed by atoms with Crippen LogP contribution in [0.25, 0.3) is 0 Å². The van der Waals surface area contributed by atoms with Gasteiger partial charge >= 0.3 is 5.97 Å². The number of esters is 1. The Labute approximate surface area is 138 Å². The maximum Gasteiger partial charge on any atom is 0.325 e. The lowest BCUT2D eigenvalue weighted by molar-refractivity contribution is -0.147. The number of hydrogen-bond donors (Lipinski definition) is 1. The SMILES string of the molecule is COC(=O)[C@@]1(CCCCl)Sc2ccc(OC)cc2OC[C@@H]1O. The molecule has 0 unspecified atom stereocenters. The van der Waals surface area contributed by atoms with Crippen molar-refractivity contribution in [1.29, 1.82) is 0 Å². The van der Waals surface area contributed by atoms with Crippen LogP contribution in [0, 0.1) is 0 Å². The van der Waals surface area contributed by atoms with Gasteiger partial charge in [0.1, 0.15) is 29.0 Å². The average Bonchev–Trinajstić information content (AvgIpc) is 2.69. The summed E-state index contributed by atoms with van der Waals surface area (Å²) in [5.74, 6) is 1.17. The predicted molar refractivity (Wildman–Crippen MR) is 85.1 cm³/mol. The summed E-state index contributed by atoms with van der Waals surface area (Å²) in [5, 5.41) is 10.5. The van der Waals surface area contributed by atoms with Crippen molar-refractivity contribution in [3.63, 3.8) is 0 Å². The minimum Gasteiger partial charge on any atom is -0.497 e. The molecule has 2 rings (SSSR count). The number of aliphatic hydroxyl groups excluding tert-OH is 1. The number of carbonyl (C=O) groups is 1. The van der Waals surface area contributed by atoms with Crippen LogP contribution in [0.5, 0.6) is 11.5 Å². The first-order chi connectivity index (χ1) is 10.6. The van der Waals surface area contributed by atoms with Crippen LogP contribution in [-0.2, 0) is 9.53 Å². The summed E-state index contributed by atoms with van der Waals surface area (Å²) in [5.41, 5.74) is 0. The summed E-state index contributed by atoms with van der Waals surface area (Å²) in [7, 11) is 2.89. The number of hydrogen-bond acceptors (Lipinski definition) is 6. The van der Waals surface area contributed by atoms with Gasteiger partial charge in [-0.1, -0.05) is 0 Å². The molecule has 0 saturated heterocycles. The Morgan fingerprint density at radius 2 is 2.32 bits per heavy atom. The molecule has 1 aromatic carbocycles. The third-order valence-corrected chi connectivity index (χ3v) is 5.42. The van der Waals surface area contributed by atoms with Crippen molar-refractivity contribution in [2.75, 3.05) is 26.7 Å². The van der Waals surface area contributed by atoms with Gasteiger partial charge in [0.05, 0.1) is 19.1 Å². The van der Waals surface area contributed by atoms with E-state index in [1.807, 2.05) is 6.07 Å². The number of thioether (sulfide) groups is 1. The molecular weight excluding hydrogens is 328 g/mol. The Balaban J connectivity index is 2.41. The number of fused-ring (bicyclic) bond motifs is 1. The first-order valence-electron chi connectivity index (χ1n) is 6.89. The number of methoxy groups -OCH3 is 2. The second-order valence-electron chi connectivity index (χ2n) is 4.92. The molecule has 5 nitrogen and oxygen atoms in total. The third kappa shape index (κ3) is 3.29. The summed E-state index contributed by atoms with van der Waals surface area (Å²) in [6.07, 6.45) is 0.00215. The van der Waals surface area contributed by atoms with E-state index in [2.05, 4.69) is 0 Å². The molecule has 122 valence electrons. The van der Waals surface area contributed by atoms with Crippen LogP contribution in [0.2, 0.25) is 0 Å². The van der Waals surface area contributed by atoms with Gasteiger partial charge in [-0.15, -0.1) is 23.4 Å². The zero-order valence-electron chi connectivity index (χ0n) is 12.5. The predicted octanol–water partition coefficient (Wildman–Crippen LogP) is 2.47. The first-order valence-corrected chi connectivity index (χ1v) is 8.24. The third-order valence-electron chi connectivity index (χ3n) is 3.59. The van der Waals surface area contributed by atoms with Crippen LogP contribution in [-0.4, -0.2) is 48.6 Å². The zero-order valence-corrected chi connectivity index (χ0v) is 14.1. The van der Waals surface area contributed by atoms with Crippen molar-refractivity contribution in [2.45, 2.75) is 28.6 Å². The summed E-state index contributed by atoms with van der Waals surface area (Å²) in [6.45, 7) is 0.00452. The van der Waals surface area contributed by atoms with Gasteiger partial charge < -0.3 is 19.3 Å². The molecule has 0 radical (unpaired) electrons. The molecule has 1 heterocycles. The smallest absolute Gasteiger partial charge is 0.325 e. The van der Waals surface area contributed by atoms with E-state index < -0.39 is 16.8 Å². The van der Waals surface area contributed by atoms with Crippen molar-refractivity contribution in [2.24, 2.45) is 0 Å². The molecule has 1 aliphatic heterocycles. The van der Waals surface area contributed by atoms with Gasteiger partial charge in [0.15, 0.2) is 0 Å². The van der Waals surface area contributed by atoms with Gasteiger partial charge in [-0.3, -0.25) is 4.79 Å². The quantitative estimate of drug-likeness (QED) is 0.652. The molecule has 0 saturated carbocycles. The van der Waals surface area contributed by atoms with E-state index in [-0.39, 0.29) is 6.61 Å².